The molecule has 124 valence electrons. The summed E-state index contributed by atoms with van der Waals surface area (Å²) in [5.41, 5.74) is 2.23. The van der Waals surface area contributed by atoms with Crippen LogP contribution in [-0.2, 0) is 17.8 Å². The molecule has 0 spiro atoms. The number of hydrogen-bond acceptors (Lipinski definition) is 4. The quantitative estimate of drug-likeness (QED) is 0.813. The van der Waals surface area contributed by atoms with Gasteiger partial charge in [-0.15, -0.1) is 0 Å². The Hall–Kier alpha value is -2.89. The van der Waals surface area contributed by atoms with Crippen molar-refractivity contribution in [1.82, 2.24) is 4.90 Å². The monoisotopic (exact) mass is 329 g/mol. The molecule has 24 heavy (non-hydrogen) atoms. The molecule has 1 amide bonds. The topological polar surface area (TPSA) is 55.8 Å². The van der Waals surface area contributed by atoms with E-state index in [4.69, 9.17) is 9.47 Å². The third-order valence-corrected chi connectivity index (χ3v) is 4.07. The van der Waals surface area contributed by atoms with Crippen LogP contribution in [0.25, 0.3) is 0 Å². The highest BCUT2D eigenvalue weighted by molar-refractivity contribution is 5.98. The lowest BCUT2D eigenvalue weighted by molar-refractivity contribution is 0.0596. The molecule has 0 aromatic heterocycles. The number of amides is 1. The van der Waals surface area contributed by atoms with Gasteiger partial charge in [-0.05, 0) is 35.4 Å². The molecule has 2 aromatic rings. The number of benzene rings is 2. The van der Waals surface area contributed by atoms with Crippen LogP contribution in [0.4, 0.5) is 4.39 Å². The van der Waals surface area contributed by atoms with Crippen molar-refractivity contribution in [2.45, 2.75) is 13.1 Å². The SMILES string of the molecule is COC(=O)c1cccc2c1CN(C(=O)c1cc(F)ccc1OC)C2. The number of methoxy groups -OCH3 is 2. The van der Waals surface area contributed by atoms with E-state index < -0.39 is 11.8 Å². The summed E-state index contributed by atoms with van der Waals surface area (Å²) in [5, 5.41) is 0. The van der Waals surface area contributed by atoms with Crippen LogP contribution in [0.1, 0.15) is 31.8 Å². The van der Waals surface area contributed by atoms with Gasteiger partial charge in [-0.1, -0.05) is 12.1 Å². The number of carbonyl (C=O) groups excluding carboxylic acids is 2. The summed E-state index contributed by atoms with van der Waals surface area (Å²) >= 11 is 0. The summed E-state index contributed by atoms with van der Waals surface area (Å²) in [6.07, 6.45) is 0. The second kappa shape index (κ2) is 6.31. The second-order valence-corrected chi connectivity index (χ2v) is 5.44. The highest BCUT2D eigenvalue weighted by Crippen LogP contribution is 2.30. The number of nitrogens with zero attached hydrogens (tertiary/aromatic N) is 1. The van der Waals surface area contributed by atoms with E-state index in [1.807, 2.05) is 6.07 Å². The molecular formula is C18H16FNO4. The maximum Gasteiger partial charge on any atom is 0.338 e. The molecular weight excluding hydrogens is 313 g/mol. The zero-order chi connectivity index (χ0) is 17.3. The van der Waals surface area contributed by atoms with Crippen LogP contribution in [0.5, 0.6) is 5.75 Å². The van der Waals surface area contributed by atoms with E-state index in [1.165, 1.54) is 26.4 Å². The number of rotatable bonds is 3. The van der Waals surface area contributed by atoms with E-state index in [1.54, 1.807) is 17.0 Å². The second-order valence-electron chi connectivity index (χ2n) is 5.44. The average molecular weight is 329 g/mol. The fraction of sp³-hybridized carbons (Fsp3) is 0.222. The highest BCUT2D eigenvalue weighted by atomic mass is 19.1. The van der Waals surface area contributed by atoms with Gasteiger partial charge in [0.1, 0.15) is 11.6 Å². The zero-order valence-electron chi connectivity index (χ0n) is 13.3. The standard InChI is InChI=1S/C18H16FNO4/c1-23-16-7-6-12(19)8-14(16)17(21)20-9-11-4-3-5-13(15(11)10-20)18(22)24-2/h3-8H,9-10H2,1-2H3. The molecule has 0 atom stereocenters. The molecule has 0 radical (unpaired) electrons. The summed E-state index contributed by atoms with van der Waals surface area (Å²) in [5.74, 6) is -0.987. The zero-order valence-corrected chi connectivity index (χ0v) is 13.3. The fourth-order valence-corrected chi connectivity index (χ4v) is 2.88. The van der Waals surface area contributed by atoms with Crippen molar-refractivity contribution in [3.63, 3.8) is 0 Å². The minimum Gasteiger partial charge on any atom is -0.496 e. The fourth-order valence-electron chi connectivity index (χ4n) is 2.88. The highest BCUT2D eigenvalue weighted by Gasteiger charge is 2.29. The predicted molar refractivity (Wildman–Crippen MR) is 84.3 cm³/mol. The van der Waals surface area contributed by atoms with Gasteiger partial charge in [-0.2, -0.15) is 0 Å². The molecule has 0 N–H and O–H groups in total. The molecule has 5 nitrogen and oxygen atoms in total. The minimum atomic E-state index is -0.508. The van der Waals surface area contributed by atoms with Crippen LogP contribution in [0.3, 0.4) is 0 Å². The van der Waals surface area contributed by atoms with Gasteiger partial charge in [0.05, 0.1) is 25.3 Å². The van der Waals surface area contributed by atoms with Crippen LogP contribution >= 0.6 is 0 Å². The molecule has 6 heteroatoms. The Morgan fingerprint density at radius 2 is 1.88 bits per heavy atom. The van der Waals surface area contributed by atoms with Gasteiger partial charge in [-0.3, -0.25) is 4.79 Å². The number of ether oxygens (including phenoxy) is 2. The summed E-state index contributed by atoms with van der Waals surface area (Å²) in [7, 11) is 2.75. The van der Waals surface area contributed by atoms with Gasteiger partial charge in [0.25, 0.3) is 5.91 Å². The Morgan fingerprint density at radius 3 is 2.58 bits per heavy atom. The van der Waals surface area contributed by atoms with E-state index >= 15 is 0 Å². The van der Waals surface area contributed by atoms with E-state index in [-0.39, 0.29) is 18.0 Å². The largest absolute Gasteiger partial charge is 0.496 e. The molecule has 3 rings (SSSR count). The molecule has 1 aliphatic rings. The van der Waals surface area contributed by atoms with E-state index in [0.29, 0.717) is 17.9 Å². The van der Waals surface area contributed by atoms with Gasteiger partial charge < -0.3 is 14.4 Å². The molecule has 0 unspecified atom stereocenters. The third kappa shape index (κ3) is 2.71. The number of hydrogen-bond donors (Lipinski definition) is 0. The van der Waals surface area contributed by atoms with Crippen LogP contribution < -0.4 is 4.74 Å². The summed E-state index contributed by atoms with van der Waals surface area (Å²) in [6.45, 7) is 0.609. The van der Waals surface area contributed by atoms with Gasteiger partial charge in [0, 0.05) is 13.1 Å². The molecule has 1 heterocycles. The number of halogens is 1. The Morgan fingerprint density at radius 1 is 1.08 bits per heavy atom. The molecule has 0 bridgehead atoms. The van der Waals surface area contributed by atoms with Gasteiger partial charge in [-0.25, -0.2) is 9.18 Å². The molecule has 2 aromatic carbocycles. The van der Waals surface area contributed by atoms with Crippen LogP contribution in [0, 0.1) is 5.82 Å². The number of carbonyl (C=O) groups is 2. The van der Waals surface area contributed by atoms with Crippen molar-refractivity contribution in [2.75, 3.05) is 14.2 Å². The van der Waals surface area contributed by atoms with Crippen molar-refractivity contribution in [3.05, 3.63) is 64.5 Å². The minimum absolute atomic E-state index is 0.157. The van der Waals surface area contributed by atoms with Crippen molar-refractivity contribution >= 4 is 11.9 Å². The predicted octanol–water partition coefficient (Wildman–Crippen LogP) is 2.78. The molecule has 0 saturated carbocycles. The van der Waals surface area contributed by atoms with Crippen LogP contribution in [-0.4, -0.2) is 31.0 Å². The first-order chi connectivity index (χ1) is 11.5. The maximum absolute atomic E-state index is 13.5. The van der Waals surface area contributed by atoms with Crippen molar-refractivity contribution in [1.29, 1.82) is 0 Å². The number of fused-ring (bicyclic) bond motifs is 1. The molecule has 0 fully saturated rings. The van der Waals surface area contributed by atoms with Crippen molar-refractivity contribution in [2.24, 2.45) is 0 Å². The third-order valence-electron chi connectivity index (χ3n) is 4.07. The van der Waals surface area contributed by atoms with E-state index in [0.717, 1.165) is 17.2 Å². The first-order valence-corrected chi connectivity index (χ1v) is 7.37. The number of esters is 1. The Bertz CT molecular complexity index is 819. The van der Waals surface area contributed by atoms with E-state index in [2.05, 4.69) is 0 Å². The normalized spacial score (nSPS) is 12.7. The van der Waals surface area contributed by atoms with Crippen molar-refractivity contribution < 1.29 is 23.5 Å². The van der Waals surface area contributed by atoms with Crippen molar-refractivity contribution in [3.8, 4) is 5.75 Å². The summed E-state index contributed by atoms with van der Waals surface area (Å²) < 4.78 is 23.5. The van der Waals surface area contributed by atoms with Gasteiger partial charge in [0.2, 0.25) is 0 Å². The smallest absolute Gasteiger partial charge is 0.338 e. The van der Waals surface area contributed by atoms with Gasteiger partial charge >= 0.3 is 5.97 Å². The van der Waals surface area contributed by atoms with E-state index in [9.17, 15) is 14.0 Å². The summed E-state index contributed by atoms with van der Waals surface area (Å²) in [6, 6.07) is 9.10. The summed E-state index contributed by atoms with van der Waals surface area (Å²) in [4.78, 5) is 26.2. The first kappa shape index (κ1) is 16.0. The van der Waals surface area contributed by atoms with Crippen LogP contribution in [0.2, 0.25) is 0 Å². The first-order valence-electron chi connectivity index (χ1n) is 7.37. The molecule has 0 saturated heterocycles. The molecule has 1 aliphatic heterocycles. The van der Waals surface area contributed by atoms with Gasteiger partial charge in [0.15, 0.2) is 0 Å². The maximum atomic E-state index is 13.5. The average Bonchev–Trinajstić information content (AvgIpc) is 3.04. The van der Waals surface area contributed by atoms with Crippen LogP contribution in [0.15, 0.2) is 36.4 Å². The lowest BCUT2D eigenvalue weighted by atomic mass is 10.0. The Kier molecular flexibility index (Phi) is 4.20. The molecule has 0 aliphatic carbocycles. The Balaban J connectivity index is 1.92. The lowest BCUT2D eigenvalue weighted by Crippen LogP contribution is -2.26. The Labute approximate surface area is 138 Å². The lowest BCUT2D eigenvalue weighted by Gasteiger charge is -2.17.